The Hall–Kier alpha value is -1.34. The number of hydrogen-bond acceptors (Lipinski definition) is 3. The van der Waals surface area contributed by atoms with Crippen molar-refractivity contribution in [2.45, 2.75) is 6.04 Å². The number of hydrogen-bond donors (Lipinski definition) is 1. The van der Waals surface area contributed by atoms with Gasteiger partial charge in [0, 0.05) is 7.05 Å². The summed E-state index contributed by atoms with van der Waals surface area (Å²) in [5, 5.41) is 7.74. The van der Waals surface area contributed by atoms with Gasteiger partial charge in [-0.3, -0.25) is 0 Å². The summed E-state index contributed by atoms with van der Waals surface area (Å²) in [4.78, 5) is 1.42. The SMILES string of the molecule is C#CC(N)c1cnn(C)n1. The molecule has 0 aliphatic rings. The first-order chi connectivity index (χ1) is 4.74. The minimum absolute atomic E-state index is 0.436. The molecule has 1 atom stereocenters. The van der Waals surface area contributed by atoms with Crippen molar-refractivity contribution in [3.63, 3.8) is 0 Å². The van der Waals surface area contributed by atoms with Crippen molar-refractivity contribution in [2.24, 2.45) is 12.8 Å². The van der Waals surface area contributed by atoms with E-state index in [1.54, 1.807) is 13.2 Å². The second kappa shape index (κ2) is 2.50. The Balaban J connectivity index is 2.87. The zero-order valence-electron chi connectivity index (χ0n) is 5.65. The van der Waals surface area contributed by atoms with E-state index in [9.17, 15) is 0 Å². The Bertz CT molecular complexity index is 257. The average molecular weight is 136 g/mol. The lowest BCUT2D eigenvalue weighted by Gasteiger charge is -1.94. The molecule has 0 spiro atoms. The summed E-state index contributed by atoms with van der Waals surface area (Å²) in [5.74, 6) is 2.36. The van der Waals surface area contributed by atoms with Gasteiger partial charge in [0.25, 0.3) is 0 Å². The van der Waals surface area contributed by atoms with Crippen molar-refractivity contribution in [1.29, 1.82) is 0 Å². The van der Waals surface area contributed by atoms with Gasteiger partial charge in [0.15, 0.2) is 0 Å². The van der Waals surface area contributed by atoms with Crippen LogP contribution in [0.5, 0.6) is 0 Å². The van der Waals surface area contributed by atoms with Crippen molar-refractivity contribution < 1.29 is 0 Å². The highest BCUT2D eigenvalue weighted by Gasteiger charge is 2.04. The summed E-state index contributed by atoms with van der Waals surface area (Å²) in [5.41, 5.74) is 6.09. The first kappa shape index (κ1) is 6.78. The minimum Gasteiger partial charge on any atom is -0.313 e. The number of nitrogens with zero attached hydrogens (tertiary/aromatic N) is 3. The van der Waals surface area contributed by atoms with Crippen LogP contribution >= 0.6 is 0 Å². The standard InChI is InChI=1S/C6H8N4/c1-3-5(7)6-4-8-10(2)9-6/h1,4-5H,7H2,2H3. The lowest BCUT2D eigenvalue weighted by molar-refractivity contribution is 0.641. The molecule has 4 nitrogen and oxygen atoms in total. The fourth-order valence-electron chi connectivity index (χ4n) is 0.589. The predicted molar refractivity (Wildman–Crippen MR) is 36.8 cm³/mol. The van der Waals surface area contributed by atoms with Crippen LogP contribution in [-0.4, -0.2) is 15.0 Å². The highest BCUT2D eigenvalue weighted by molar-refractivity contribution is 5.12. The summed E-state index contributed by atoms with van der Waals surface area (Å²) in [6.07, 6.45) is 6.62. The maximum Gasteiger partial charge on any atom is 0.113 e. The number of aryl methyl sites for hydroxylation is 1. The summed E-state index contributed by atoms with van der Waals surface area (Å²) < 4.78 is 0. The first-order valence-electron chi connectivity index (χ1n) is 2.82. The molecule has 0 saturated carbocycles. The largest absolute Gasteiger partial charge is 0.313 e. The topological polar surface area (TPSA) is 56.7 Å². The van der Waals surface area contributed by atoms with Gasteiger partial charge in [-0.05, 0) is 0 Å². The first-order valence-corrected chi connectivity index (χ1v) is 2.82. The van der Waals surface area contributed by atoms with Gasteiger partial charge >= 0.3 is 0 Å². The van der Waals surface area contributed by atoms with Gasteiger partial charge < -0.3 is 5.73 Å². The Labute approximate surface area is 59.0 Å². The third-order valence-corrected chi connectivity index (χ3v) is 1.12. The van der Waals surface area contributed by atoms with E-state index in [-0.39, 0.29) is 0 Å². The molecule has 0 bridgehead atoms. The molecule has 1 aromatic rings. The quantitative estimate of drug-likeness (QED) is 0.527. The van der Waals surface area contributed by atoms with Gasteiger partial charge in [0.05, 0.1) is 6.20 Å². The number of nitrogens with two attached hydrogens (primary N) is 1. The van der Waals surface area contributed by atoms with E-state index in [4.69, 9.17) is 12.2 Å². The van der Waals surface area contributed by atoms with Crippen LogP contribution < -0.4 is 5.73 Å². The van der Waals surface area contributed by atoms with E-state index in [0.717, 1.165) is 0 Å². The minimum atomic E-state index is -0.436. The molecule has 2 N–H and O–H groups in total. The molecule has 0 aliphatic carbocycles. The predicted octanol–water partition coefficient (Wildman–Crippen LogP) is -0.552. The maximum atomic E-state index is 5.46. The fourth-order valence-corrected chi connectivity index (χ4v) is 0.589. The molecule has 1 aromatic heterocycles. The molecule has 52 valence electrons. The summed E-state index contributed by atoms with van der Waals surface area (Å²) in [7, 11) is 1.72. The van der Waals surface area contributed by atoms with Crippen LogP contribution in [0.25, 0.3) is 0 Å². The Morgan fingerprint density at radius 2 is 2.60 bits per heavy atom. The van der Waals surface area contributed by atoms with Crippen molar-refractivity contribution in [3.8, 4) is 12.3 Å². The molecule has 0 saturated heterocycles. The van der Waals surface area contributed by atoms with Gasteiger partial charge in [-0.1, -0.05) is 5.92 Å². The van der Waals surface area contributed by atoms with Crippen LogP contribution in [0.1, 0.15) is 11.7 Å². The van der Waals surface area contributed by atoms with Crippen LogP contribution in [0.4, 0.5) is 0 Å². The molecule has 10 heavy (non-hydrogen) atoms. The monoisotopic (exact) mass is 136 g/mol. The molecule has 0 aliphatic heterocycles. The highest BCUT2D eigenvalue weighted by atomic mass is 15.4. The Morgan fingerprint density at radius 1 is 1.90 bits per heavy atom. The summed E-state index contributed by atoms with van der Waals surface area (Å²) in [6.45, 7) is 0. The molecule has 0 radical (unpaired) electrons. The van der Waals surface area contributed by atoms with Crippen LogP contribution in [0.15, 0.2) is 6.20 Å². The molecule has 1 heterocycles. The van der Waals surface area contributed by atoms with Crippen molar-refractivity contribution in [3.05, 3.63) is 11.9 Å². The van der Waals surface area contributed by atoms with Gasteiger partial charge in [0.1, 0.15) is 11.7 Å². The van der Waals surface area contributed by atoms with Crippen LogP contribution in [0, 0.1) is 12.3 Å². The average Bonchev–Trinajstić information content (AvgIpc) is 2.34. The van der Waals surface area contributed by atoms with Crippen LogP contribution in [-0.2, 0) is 7.05 Å². The Kier molecular flexibility index (Phi) is 1.69. The molecule has 1 unspecified atom stereocenters. The van der Waals surface area contributed by atoms with E-state index in [0.29, 0.717) is 5.69 Å². The zero-order chi connectivity index (χ0) is 7.56. The number of aromatic nitrogens is 3. The summed E-state index contributed by atoms with van der Waals surface area (Å²) >= 11 is 0. The third-order valence-electron chi connectivity index (χ3n) is 1.12. The molecule has 4 heteroatoms. The lowest BCUT2D eigenvalue weighted by atomic mass is 10.2. The van der Waals surface area contributed by atoms with Gasteiger partial charge in [-0.2, -0.15) is 15.0 Å². The second-order valence-corrected chi connectivity index (χ2v) is 1.90. The maximum absolute atomic E-state index is 5.46. The van der Waals surface area contributed by atoms with Crippen molar-refractivity contribution in [2.75, 3.05) is 0 Å². The van der Waals surface area contributed by atoms with E-state index >= 15 is 0 Å². The number of terminal acetylenes is 1. The van der Waals surface area contributed by atoms with Gasteiger partial charge in [0.2, 0.25) is 0 Å². The molecular weight excluding hydrogens is 128 g/mol. The molecular formula is C6H8N4. The van der Waals surface area contributed by atoms with Crippen LogP contribution in [0.2, 0.25) is 0 Å². The second-order valence-electron chi connectivity index (χ2n) is 1.90. The van der Waals surface area contributed by atoms with E-state index in [1.807, 2.05) is 0 Å². The van der Waals surface area contributed by atoms with E-state index in [2.05, 4.69) is 16.1 Å². The molecule has 0 aromatic carbocycles. The fraction of sp³-hybridized carbons (Fsp3) is 0.333. The lowest BCUT2D eigenvalue weighted by Crippen LogP contribution is -2.08. The molecule has 0 amide bonds. The summed E-state index contributed by atoms with van der Waals surface area (Å²) in [6, 6.07) is -0.436. The van der Waals surface area contributed by atoms with E-state index in [1.165, 1.54) is 4.80 Å². The smallest absolute Gasteiger partial charge is 0.113 e. The van der Waals surface area contributed by atoms with Gasteiger partial charge in [-0.15, -0.1) is 6.42 Å². The van der Waals surface area contributed by atoms with Gasteiger partial charge in [-0.25, -0.2) is 0 Å². The van der Waals surface area contributed by atoms with Crippen molar-refractivity contribution >= 4 is 0 Å². The molecule has 1 rings (SSSR count). The van der Waals surface area contributed by atoms with E-state index < -0.39 is 6.04 Å². The number of rotatable bonds is 1. The Morgan fingerprint density at radius 3 is 3.00 bits per heavy atom. The zero-order valence-corrected chi connectivity index (χ0v) is 5.65. The van der Waals surface area contributed by atoms with Crippen LogP contribution in [0.3, 0.4) is 0 Å². The third kappa shape index (κ3) is 1.14. The molecule has 0 fully saturated rings. The normalized spacial score (nSPS) is 12.5. The highest BCUT2D eigenvalue weighted by Crippen LogP contribution is 2.01. The van der Waals surface area contributed by atoms with Crippen molar-refractivity contribution in [1.82, 2.24) is 15.0 Å².